The van der Waals surface area contributed by atoms with Crippen LogP contribution in [-0.2, 0) is 13.0 Å². The molecule has 2 heterocycles. The van der Waals surface area contributed by atoms with Crippen molar-refractivity contribution in [3.63, 3.8) is 0 Å². The second-order valence-electron chi connectivity index (χ2n) is 5.49. The van der Waals surface area contributed by atoms with E-state index in [1.54, 1.807) is 0 Å². The van der Waals surface area contributed by atoms with E-state index in [9.17, 15) is 0 Å². The number of hydrogen-bond donors (Lipinski definition) is 1. The van der Waals surface area contributed by atoms with Crippen molar-refractivity contribution < 1.29 is 4.52 Å². The van der Waals surface area contributed by atoms with Gasteiger partial charge in [-0.15, -0.1) is 0 Å². The van der Waals surface area contributed by atoms with Crippen molar-refractivity contribution in [2.75, 3.05) is 26.2 Å². The van der Waals surface area contributed by atoms with Gasteiger partial charge in [-0.3, -0.25) is 4.90 Å². The molecule has 1 aliphatic carbocycles. The van der Waals surface area contributed by atoms with E-state index in [1.807, 2.05) is 0 Å². The lowest BCUT2D eigenvalue weighted by Gasteiger charge is -2.25. The zero-order valence-corrected chi connectivity index (χ0v) is 10.9. The van der Waals surface area contributed by atoms with Crippen LogP contribution in [0.4, 0.5) is 0 Å². The molecule has 3 rings (SSSR count). The fourth-order valence-electron chi connectivity index (χ4n) is 2.97. The Hall–Kier alpha value is -0.940. The van der Waals surface area contributed by atoms with Crippen LogP contribution in [0.15, 0.2) is 4.52 Å². The van der Waals surface area contributed by atoms with Crippen molar-refractivity contribution in [1.82, 2.24) is 20.4 Å². The first-order valence-corrected chi connectivity index (χ1v) is 7.15. The van der Waals surface area contributed by atoms with Gasteiger partial charge in [0.25, 0.3) is 0 Å². The summed E-state index contributed by atoms with van der Waals surface area (Å²) in [6, 6.07) is 0. The second kappa shape index (κ2) is 5.80. The second-order valence-corrected chi connectivity index (χ2v) is 5.49. The minimum atomic E-state index is 0.775. The fourth-order valence-corrected chi connectivity index (χ4v) is 2.97. The maximum atomic E-state index is 5.36. The Bertz CT molecular complexity index is 367. The van der Waals surface area contributed by atoms with Gasteiger partial charge in [-0.05, 0) is 18.8 Å². The van der Waals surface area contributed by atoms with E-state index in [2.05, 4.69) is 20.4 Å². The van der Waals surface area contributed by atoms with Crippen molar-refractivity contribution in [3.05, 3.63) is 11.7 Å². The maximum Gasteiger partial charge on any atom is 0.226 e. The first-order valence-electron chi connectivity index (χ1n) is 7.15. The summed E-state index contributed by atoms with van der Waals surface area (Å²) in [7, 11) is 0. The molecule has 2 aliphatic rings. The van der Waals surface area contributed by atoms with Crippen molar-refractivity contribution in [3.8, 4) is 0 Å². The van der Waals surface area contributed by atoms with E-state index in [0.29, 0.717) is 0 Å². The van der Waals surface area contributed by atoms with E-state index in [4.69, 9.17) is 4.52 Å². The van der Waals surface area contributed by atoms with Gasteiger partial charge < -0.3 is 9.84 Å². The Labute approximate surface area is 108 Å². The van der Waals surface area contributed by atoms with E-state index in [0.717, 1.165) is 56.8 Å². The lowest BCUT2D eigenvalue weighted by Crippen LogP contribution is -2.43. The van der Waals surface area contributed by atoms with Crippen molar-refractivity contribution >= 4 is 0 Å². The van der Waals surface area contributed by atoms with E-state index in [1.165, 1.54) is 25.7 Å². The quantitative estimate of drug-likeness (QED) is 0.870. The molecule has 0 radical (unpaired) electrons. The molecular formula is C13H22N4O. The van der Waals surface area contributed by atoms with Crippen LogP contribution in [0.25, 0.3) is 0 Å². The summed E-state index contributed by atoms with van der Waals surface area (Å²) < 4.78 is 5.36. The zero-order valence-electron chi connectivity index (χ0n) is 10.9. The zero-order chi connectivity index (χ0) is 12.2. The van der Waals surface area contributed by atoms with Gasteiger partial charge in [0, 0.05) is 32.6 Å². The topological polar surface area (TPSA) is 54.2 Å². The Kier molecular flexibility index (Phi) is 3.90. The van der Waals surface area contributed by atoms with Crippen LogP contribution < -0.4 is 5.32 Å². The lowest BCUT2D eigenvalue weighted by atomic mass is 10.0. The molecule has 0 bridgehead atoms. The van der Waals surface area contributed by atoms with Crippen LogP contribution in [0.5, 0.6) is 0 Å². The van der Waals surface area contributed by atoms with Gasteiger partial charge in [-0.25, -0.2) is 0 Å². The summed E-state index contributed by atoms with van der Waals surface area (Å²) in [5.74, 6) is 2.47. The number of nitrogens with one attached hydrogen (secondary N) is 1. The highest BCUT2D eigenvalue weighted by atomic mass is 16.5. The Balaban J connectivity index is 1.52. The normalized spacial score (nSPS) is 22.7. The smallest absolute Gasteiger partial charge is 0.226 e. The molecule has 0 aromatic carbocycles. The third-order valence-corrected chi connectivity index (χ3v) is 4.02. The molecule has 18 heavy (non-hydrogen) atoms. The average Bonchev–Trinajstić information content (AvgIpc) is 3.03. The summed E-state index contributed by atoms with van der Waals surface area (Å²) in [5, 5.41) is 7.45. The first kappa shape index (κ1) is 12.1. The van der Waals surface area contributed by atoms with Crippen molar-refractivity contribution in [1.29, 1.82) is 0 Å². The van der Waals surface area contributed by atoms with Crippen LogP contribution in [0.3, 0.4) is 0 Å². The summed E-state index contributed by atoms with van der Waals surface area (Å²) in [6.45, 7) is 5.11. The highest BCUT2D eigenvalue weighted by Gasteiger charge is 2.19. The fraction of sp³-hybridized carbons (Fsp3) is 0.846. The molecule has 5 heteroatoms. The lowest BCUT2D eigenvalue weighted by molar-refractivity contribution is 0.224. The van der Waals surface area contributed by atoms with Crippen LogP contribution >= 0.6 is 0 Å². The standard InChI is InChI=1S/C13H22N4O/c1-2-4-11(3-1)9-13-15-12(16-18-13)10-17-7-5-14-6-8-17/h11,14H,1-10H2. The van der Waals surface area contributed by atoms with Crippen LogP contribution in [-0.4, -0.2) is 41.2 Å². The molecule has 1 saturated heterocycles. The van der Waals surface area contributed by atoms with Gasteiger partial charge in [0.2, 0.25) is 5.89 Å². The first-order chi connectivity index (χ1) is 8.90. The molecule has 0 spiro atoms. The molecule has 100 valence electrons. The van der Waals surface area contributed by atoms with E-state index in [-0.39, 0.29) is 0 Å². The molecule has 1 N–H and O–H groups in total. The van der Waals surface area contributed by atoms with Crippen LogP contribution in [0, 0.1) is 5.92 Å². The third-order valence-electron chi connectivity index (χ3n) is 4.02. The summed E-state index contributed by atoms with van der Waals surface area (Å²) in [5.41, 5.74) is 0. The molecular weight excluding hydrogens is 228 g/mol. The molecule has 0 unspecified atom stereocenters. The molecule has 1 aromatic heterocycles. The average molecular weight is 250 g/mol. The Morgan fingerprint density at radius 3 is 2.78 bits per heavy atom. The predicted octanol–water partition coefficient (Wildman–Crippen LogP) is 1.21. The van der Waals surface area contributed by atoms with Crippen molar-refractivity contribution in [2.45, 2.75) is 38.6 Å². The van der Waals surface area contributed by atoms with Crippen molar-refractivity contribution in [2.24, 2.45) is 5.92 Å². The highest BCUT2D eigenvalue weighted by molar-refractivity contribution is 4.89. The molecule has 2 fully saturated rings. The van der Waals surface area contributed by atoms with Crippen LogP contribution in [0.1, 0.15) is 37.4 Å². The highest BCUT2D eigenvalue weighted by Crippen LogP contribution is 2.27. The van der Waals surface area contributed by atoms with E-state index >= 15 is 0 Å². The molecule has 1 saturated carbocycles. The summed E-state index contributed by atoms with van der Waals surface area (Å²) >= 11 is 0. The maximum absolute atomic E-state index is 5.36. The predicted molar refractivity (Wildman–Crippen MR) is 68.1 cm³/mol. The number of nitrogens with zero attached hydrogens (tertiary/aromatic N) is 3. The van der Waals surface area contributed by atoms with Gasteiger partial charge in [0.15, 0.2) is 5.82 Å². The van der Waals surface area contributed by atoms with Gasteiger partial charge in [-0.2, -0.15) is 4.98 Å². The van der Waals surface area contributed by atoms with Gasteiger partial charge in [0.05, 0.1) is 6.54 Å². The third kappa shape index (κ3) is 3.09. The largest absolute Gasteiger partial charge is 0.339 e. The molecule has 0 amide bonds. The minimum absolute atomic E-state index is 0.775. The molecule has 1 aromatic rings. The number of hydrogen-bond acceptors (Lipinski definition) is 5. The summed E-state index contributed by atoms with van der Waals surface area (Å²) in [4.78, 5) is 6.90. The Morgan fingerprint density at radius 1 is 1.22 bits per heavy atom. The number of aromatic nitrogens is 2. The molecule has 5 nitrogen and oxygen atoms in total. The number of rotatable bonds is 4. The monoisotopic (exact) mass is 250 g/mol. The van der Waals surface area contributed by atoms with Gasteiger partial charge in [-0.1, -0.05) is 18.0 Å². The molecule has 0 atom stereocenters. The van der Waals surface area contributed by atoms with Crippen LogP contribution in [0.2, 0.25) is 0 Å². The van der Waals surface area contributed by atoms with Gasteiger partial charge >= 0.3 is 0 Å². The molecule has 1 aliphatic heterocycles. The Morgan fingerprint density at radius 2 is 2.00 bits per heavy atom. The minimum Gasteiger partial charge on any atom is -0.339 e. The van der Waals surface area contributed by atoms with Gasteiger partial charge in [0.1, 0.15) is 0 Å². The van der Waals surface area contributed by atoms with E-state index < -0.39 is 0 Å². The number of piperazine rings is 1. The summed E-state index contributed by atoms with van der Waals surface area (Å²) in [6.07, 6.45) is 6.37. The SMILES string of the molecule is C1CCC(Cc2nc(CN3CCNCC3)no2)C1.